The number of ketones is 1. The largest absolute Gasteiger partial charge is 0.504 e. The highest BCUT2D eigenvalue weighted by Gasteiger charge is 2.67. The highest BCUT2D eigenvalue weighted by atomic mass is 16.5. The molecule has 3 aliphatic rings. The quantitative estimate of drug-likeness (QED) is 0.752. The van der Waals surface area contributed by atoms with Crippen molar-refractivity contribution in [2.24, 2.45) is 4.99 Å². The third-order valence-electron chi connectivity index (χ3n) is 5.24. The summed E-state index contributed by atoms with van der Waals surface area (Å²) >= 11 is 0. The molecule has 0 spiro atoms. The number of ether oxygens (including phenoxy) is 1. The molecule has 1 aliphatic heterocycles. The molecule has 1 heterocycles. The molecule has 1 aromatic rings. The Bertz CT molecular complexity index is 725. The Balaban J connectivity index is 2.11. The standard InChI is InChI=1S/C16H15NO4/c1-15-12-8-3-4-9(18)13(12)21-14(15)10(19)5-6-16(15,20)11(7-8)17-2/h3-6,11,14,18,20H,2,7H2,1H3/t11-,14+,15+,16-/m1/s1. The van der Waals surface area contributed by atoms with E-state index in [-0.39, 0.29) is 11.5 Å². The van der Waals surface area contributed by atoms with E-state index in [2.05, 4.69) is 11.7 Å². The van der Waals surface area contributed by atoms with Gasteiger partial charge in [-0.2, -0.15) is 0 Å². The number of benzene rings is 1. The van der Waals surface area contributed by atoms with Gasteiger partial charge in [0.05, 0.1) is 11.5 Å². The van der Waals surface area contributed by atoms with E-state index in [0.717, 1.165) is 5.56 Å². The Labute approximate surface area is 121 Å². The van der Waals surface area contributed by atoms with E-state index in [1.807, 2.05) is 0 Å². The molecule has 0 unspecified atom stereocenters. The molecule has 4 atom stereocenters. The summed E-state index contributed by atoms with van der Waals surface area (Å²) in [4.78, 5) is 16.3. The fourth-order valence-electron chi connectivity index (χ4n) is 4.09. The smallest absolute Gasteiger partial charge is 0.196 e. The summed E-state index contributed by atoms with van der Waals surface area (Å²) < 4.78 is 5.73. The van der Waals surface area contributed by atoms with Crippen molar-refractivity contribution in [2.45, 2.75) is 36.5 Å². The van der Waals surface area contributed by atoms with Crippen molar-refractivity contribution in [3.8, 4) is 11.5 Å². The Kier molecular flexibility index (Phi) is 2.12. The first-order valence-corrected chi connectivity index (χ1v) is 6.86. The summed E-state index contributed by atoms with van der Waals surface area (Å²) in [5.41, 5.74) is -0.670. The molecule has 21 heavy (non-hydrogen) atoms. The lowest BCUT2D eigenvalue weighted by atomic mass is 9.55. The van der Waals surface area contributed by atoms with Crippen LogP contribution in [0.15, 0.2) is 29.3 Å². The third-order valence-corrected chi connectivity index (χ3v) is 5.24. The predicted molar refractivity (Wildman–Crippen MR) is 76.0 cm³/mol. The average Bonchev–Trinajstić information content (AvgIpc) is 2.79. The van der Waals surface area contributed by atoms with Crippen molar-refractivity contribution in [3.63, 3.8) is 0 Å². The van der Waals surface area contributed by atoms with Crippen LogP contribution < -0.4 is 4.74 Å². The lowest BCUT2D eigenvalue weighted by Gasteiger charge is -2.51. The molecule has 5 nitrogen and oxygen atoms in total. The summed E-state index contributed by atoms with van der Waals surface area (Å²) in [6.07, 6.45) is 2.50. The Morgan fingerprint density at radius 2 is 2.24 bits per heavy atom. The number of hydrogen-bond acceptors (Lipinski definition) is 5. The zero-order valence-electron chi connectivity index (χ0n) is 11.5. The number of phenols is 1. The summed E-state index contributed by atoms with van der Waals surface area (Å²) in [6, 6.07) is 2.89. The number of carbonyl (C=O) groups excluding carboxylic acids is 1. The summed E-state index contributed by atoms with van der Waals surface area (Å²) in [7, 11) is 0. The van der Waals surface area contributed by atoms with Gasteiger partial charge in [-0.25, -0.2) is 0 Å². The molecule has 108 valence electrons. The summed E-state index contributed by atoms with van der Waals surface area (Å²) in [6.45, 7) is 5.38. The first-order valence-electron chi connectivity index (χ1n) is 6.86. The van der Waals surface area contributed by atoms with Gasteiger partial charge < -0.3 is 14.9 Å². The van der Waals surface area contributed by atoms with E-state index in [4.69, 9.17) is 4.74 Å². The van der Waals surface area contributed by atoms with Crippen LogP contribution in [0.25, 0.3) is 0 Å². The van der Waals surface area contributed by atoms with Gasteiger partial charge >= 0.3 is 0 Å². The number of hydrogen-bond donors (Lipinski definition) is 2. The molecule has 1 aromatic carbocycles. The van der Waals surface area contributed by atoms with Crippen molar-refractivity contribution in [1.29, 1.82) is 0 Å². The van der Waals surface area contributed by atoms with Crippen molar-refractivity contribution in [1.82, 2.24) is 0 Å². The topological polar surface area (TPSA) is 79.1 Å². The molecular weight excluding hydrogens is 270 g/mol. The molecule has 0 fully saturated rings. The van der Waals surface area contributed by atoms with Crippen LogP contribution in [0.1, 0.15) is 18.1 Å². The van der Waals surface area contributed by atoms with E-state index < -0.39 is 23.2 Å². The molecule has 0 aromatic heterocycles. The Morgan fingerprint density at radius 1 is 1.48 bits per heavy atom. The van der Waals surface area contributed by atoms with Crippen LogP contribution in [0.5, 0.6) is 11.5 Å². The van der Waals surface area contributed by atoms with Gasteiger partial charge in [-0.1, -0.05) is 6.07 Å². The number of aliphatic hydroxyl groups is 1. The van der Waals surface area contributed by atoms with Crippen LogP contribution in [0.3, 0.4) is 0 Å². The molecule has 5 heteroatoms. The number of aliphatic imine (C=N–C) groups is 1. The lowest BCUT2D eigenvalue weighted by Crippen LogP contribution is -2.66. The number of rotatable bonds is 1. The second-order valence-electron chi connectivity index (χ2n) is 6.11. The number of nitrogens with zero attached hydrogens (tertiary/aromatic N) is 1. The zero-order chi connectivity index (χ0) is 15.0. The van der Waals surface area contributed by atoms with Crippen molar-refractivity contribution >= 4 is 12.5 Å². The minimum atomic E-state index is -1.35. The summed E-state index contributed by atoms with van der Waals surface area (Å²) in [5.74, 6) is 0.0796. The van der Waals surface area contributed by atoms with E-state index in [0.29, 0.717) is 17.7 Å². The maximum atomic E-state index is 12.2. The van der Waals surface area contributed by atoms with Gasteiger partial charge in [0.25, 0.3) is 0 Å². The van der Waals surface area contributed by atoms with Crippen LogP contribution in [-0.2, 0) is 16.6 Å². The van der Waals surface area contributed by atoms with Gasteiger partial charge in [0.2, 0.25) is 0 Å². The second-order valence-corrected chi connectivity index (χ2v) is 6.11. The van der Waals surface area contributed by atoms with Crippen molar-refractivity contribution < 1.29 is 19.7 Å². The molecule has 4 rings (SSSR count). The van der Waals surface area contributed by atoms with Crippen molar-refractivity contribution in [3.05, 3.63) is 35.4 Å². The van der Waals surface area contributed by atoms with Crippen molar-refractivity contribution in [2.75, 3.05) is 0 Å². The zero-order valence-corrected chi connectivity index (χ0v) is 11.5. The molecule has 0 saturated carbocycles. The van der Waals surface area contributed by atoms with Gasteiger partial charge in [-0.05, 0) is 43.8 Å². The van der Waals surface area contributed by atoms with Gasteiger partial charge in [0, 0.05) is 5.56 Å². The van der Waals surface area contributed by atoms with Gasteiger partial charge in [-0.15, -0.1) is 0 Å². The van der Waals surface area contributed by atoms with E-state index in [1.165, 1.54) is 12.2 Å². The maximum Gasteiger partial charge on any atom is 0.196 e. The number of carbonyl (C=O) groups is 1. The van der Waals surface area contributed by atoms with Crippen LogP contribution in [0.4, 0.5) is 0 Å². The lowest BCUT2D eigenvalue weighted by molar-refractivity contribution is -0.132. The molecule has 2 N–H and O–H groups in total. The molecule has 2 aliphatic carbocycles. The average molecular weight is 285 g/mol. The molecule has 0 saturated heterocycles. The van der Waals surface area contributed by atoms with Gasteiger partial charge in [0.15, 0.2) is 23.4 Å². The van der Waals surface area contributed by atoms with Crippen LogP contribution in [-0.4, -0.2) is 40.5 Å². The minimum absolute atomic E-state index is 0.00969. The second kappa shape index (κ2) is 3.54. The van der Waals surface area contributed by atoms with E-state index in [1.54, 1.807) is 19.1 Å². The SMILES string of the molecule is C=N[C@@H]1Cc2ccc(O)c3c2[C@@]2(C)[C@@H](O3)C(=O)C=C[C@@]12O. The Morgan fingerprint density at radius 3 is 2.95 bits per heavy atom. The molecular formula is C16H15NO4. The van der Waals surface area contributed by atoms with Crippen LogP contribution in [0.2, 0.25) is 0 Å². The minimum Gasteiger partial charge on any atom is -0.504 e. The van der Waals surface area contributed by atoms with Gasteiger partial charge in [-0.3, -0.25) is 9.79 Å². The fraction of sp³-hybridized carbons (Fsp3) is 0.375. The monoisotopic (exact) mass is 285 g/mol. The molecule has 0 radical (unpaired) electrons. The Hall–Kier alpha value is -2.14. The predicted octanol–water partition coefficient (Wildman–Crippen LogP) is 0.906. The normalized spacial score (nSPS) is 38.9. The van der Waals surface area contributed by atoms with Gasteiger partial charge in [0.1, 0.15) is 5.60 Å². The van der Waals surface area contributed by atoms with Crippen LogP contribution >= 0.6 is 0 Å². The van der Waals surface area contributed by atoms with Crippen LogP contribution in [0, 0.1) is 0 Å². The van der Waals surface area contributed by atoms with E-state index >= 15 is 0 Å². The first kappa shape index (κ1) is 12.6. The molecule has 0 bridgehead atoms. The highest BCUT2D eigenvalue weighted by Crippen LogP contribution is 2.59. The third kappa shape index (κ3) is 1.17. The summed E-state index contributed by atoms with van der Waals surface area (Å²) in [5, 5.41) is 21.3. The molecule has 0 amide bonds. The first-order chi connectivity index (χ1) is 9.93. The highest BCUT2D eigenvalue weighted by molar-refractivity contribution is 5.98. The number of aromatic hydroxyl groups is 1. The van der Waals surface area contributed by atoms with E-state index in [9.17, 15) is 15.0 Å². The number of phenolic OH excluding ortho intramolecular Hbond substituents is 1. The fourth-order valence-corrected chi connectivity index (χ4v) is 4.09. The maximum absolute atomic E-state index is 12.2.